The molecule has 0 radical (unpaired) electrons. The molecule has 2 aromatic carbocycles. The average Bonchev–Trinajstić information content (AvgIpc) is 2.99. The van der Waals surface area contributed by atoms with Gasteiger partial charge in [-0.3, -0.25) is 0 Å². The molecule has 0 saturated carbocycles. The Labute approximate surface area is 166 Å². The molecule has 0 aromatic heterocycles. The van der Waals surface area contributed by atoms with Gasteiger partial charge in [0.05, 0.1) is 24.3 Å². The van der Waals surface area contributed by atoms with Gasteiger partial charge in [-0.15, -0.1) is 0 Å². The Kier molecular flexibility index (Phi) is 6.06. The van der Waals surface area contributed by atoms with Crippen molar-refractivity contribution in [1.29, 1.82) is 0 Å². The highest BCUT2D eigenvalue weighted by Gasteiger charge is 2.33. The Balaban J connectivity index is 2.07. The van der Waals surface area contributed by atoms with Gasteiger partial charge in [-0.25, -0.2) is 9.79 Å². The Morgan fingerprint density at radius 1 is 1.18 bits per heavy atom. The number of benzene rings is 2. The van der Waals surface area contributed by atoms with Gasteiger partial charge in [0.15, 0.2) is 0 Å². The standard InChI is InChI=1S/C21H19NO5S/c1-3-27-21(25)18-19(24)17(11-13-9-10-15(23)12-16(13)26-2)28-20(18)22-14-7-5-4-6-8-14/h4-12,23-24H,3H2,1-2H3/b17-11+,22-20?. The molecule has 3 rings (SSSR count). The molecule has 0 atom stereocenters. The maximum Gasteiger partial charge on any atom is 0.344 e. The maximum atomic E-state index is 12.4. The van der Waals surface area contributed by atoms with E-state index >= 15 is 0 Å². The number of thioether (sulfide) groups is 1. The number of hydrogen-bond donors (Lipinski definition) is 2. The van der Waals surface area contributed by atoms with E-state index in [4.69, 9.17) is 9.47 Å². The highest BCUT2D eigenvalue weighted by molar-refractivity contribution is 8.18. The molecule has 28 heavy (non-hydrogen) atoms. The van der Waals surface area contributed by atoms with E-state index in [-0.39, 0.29) is 23.7 Å². The molecule has 1 aliphatic rings. The van der Waals surface area contributed by atoms with Crippen LogP contribution in [0.2, 0.25) is 0 Å². The number of aromatic hydroxyl groups is 1. The number of esters is 1. The number of hydrogen-bond acceptors (Lipinski definition) is 7. The second-order valence-electron chi connectivity index (χ2n) is 5.73. The van der Waals surface area contributed by atoms with Gasteiger partial charge >= 0.3 is 5.97 Å². The number of phenols is 1. The summed E-state index contributed by atoms with van der Waals surface area (Å²) in [7, 11) is 1.49. The maximum absolute atomic E-state index is 12.4. The summed E-state index contributed by atoms with van der Waals surface area (Å²) in [6.07, 6.45) is 1.67. The summed E-state index contributed by atoms with van der Waals surface area (Å²) in [6, 6.07) is 13.8. The summed E-state index contributed by atoms with van der Waals surface area (Å²) in [5.74, 6) is -0.333. The van der Waals surface area contributed by atoms with E-state index in [1.165, 1.54) is 19.2 Å². The Morgan fingerprint density at radius 3 is 2.61 bits per heavy atom. The third-order valence-corrected chi connectivity index (χ3v) is 4.88. The summed E-state index contributed by atoms with van der Waals surface area (Å²) < 4.78 is 10.4. The largest absolute Gasteiger partial charge is 0.508 e. The van der Waals surface area contributed by atoms with Crippen LogP contribution in [0.4, 0.5) is 5.69 Å². The van der Waals surface area contributed by atoms with Crippen molar-refractivity contribution in [3.05, 3.63) is 70.3 Å². The van der Waals surface area contributed by atoms with Crippen molar-refractivity contribution in [1.82, 2.24) is 0 Å². The highest BCUT2D eigenvalue weighted by atomic mass is 32.2. The molecule has 6 nitrogen and oxygen atoms in total. The lowest BCUT2D eigenvalue weighted by atomic mass is 10.1. The van der Waals surface area contributed by atoms with Crippen LogP contribution >= 0.6 is 11.8 Å². The third-order valence-electron chi connectivity index (χ3n) is 3.86. The molecular weight excluding hydrogens is 378 g/mol. The first kappa shape index (κ1) is 19.6. The zero-order chi connectivity index (χ0) is 20.1. The molecule has 0 aliphatic carbocycles. The Hall–Kier alpha value is -3.19. The molecule has 1 aliphatic heterocycles. The van der Waals surface area contributed by atoms with Gasteiger partial charge in [0.25, 0.3) is 0 Å². The number of methoxy groups -OCH3 is 1. The Bertz CT molecular complexity index is 980. The molecule has 0 spiro atoms. The number of aliphatic hydroxyl groups excluding tert-OH is 1. The van der Waals surface area contributed by atoms with Gasteiger partial charge < -0.3 is 19.7 Å². The van der Waals surface area contributed by atoms with Crippen LogP contribution in [-0.2, 0) is 9.53 Å². The number of carbonyl (C=O) groups excluding carboxylic acids is 1. The number of rotatable bonds is 5. The molecule has 2 N–H and O–H groups in total. The topological polar surface area (TPSA) is 88.4 Å². The second kappa shape index (κ2) is 8.67. The second-order valence-corrected chi connectivity index (χ2v) is 6.76. The van der Waals surface area contributed by atoms with Crippen LogP contribution in [0.5, 0.6) is 11.5 Å². The molecule has 0 bridgehead atoms. The molecular formula is C21H19NO5S. The predicted octanol–water partition coefficient (Wildman–Crippen LogP) is 4.59. The van der Waals surface area contributed by atoms with Gasteiger partial charge in [0.1, 0.15) is 27.9 Å². The number of phenolic OH excluding ortho intramolecular Hbond substituents is 1. The van der Waals surface area contributed by atoms with Crippen LogP contribution in [-0.4, -0.2) is 34.9 Å². The molecule has 0 saturated heterocycles. The van der Waals surface area contributed by atoms with Gasteiger partial charge in [-0.05, 0) is 37.3 Å². The number of aliphatic imine (C=N–C) groups is 1. The van der Waals surface area contributed by atoms with E-state index in [2.05, 4.69) is 4.99 Å². The predicted molar refractivity (Wildman–Crippen MR) is 110 cm³/mol. The Morgan fingerprint density at radius 2 is 1.93 bits per heavy atom. The molecule has 144 valence electrons. The van der Waals surface area contributed by atoms with Crippen molar-refractivity contribution in [2.24, 2.45) is 4.99 Å². The van der Waals surface area contributed by atoms with Crippen molar-refractivity contribution in [2.45, 2.75) is 6.92 Å². The van der Waals surface area contributed by atoms with Gasteiger partial charge in [-0.1, -0.05) is 30.0 Å². The summed E-state index contributed by atoms with van der Waals surface area (Å²) in [5.41, 5.74) is 1.32. The molecule has 0 fully saturated rings. The lowest BCUT2D eigenvalue weighted by molar-refractivity contribution is -0.138. The van der Waals surface area contributed by atoms with E-state index < -0.39 is 5.97 Å². The smallest absolute Gasteiger partial charge is 0.344 e. The minimum Gasteiger partial charge on any atom is -0.508 e. The molecule has 0 unspecified atom stereocenters. The third kappa shape index (κ3) is 4.20. The van der Waals surface area contributed by atoms with E-state index in [0.29, 0.717) is 26.9 Å². The molecule has 7 heteroatoms. The number of carbonyl (C=O) groups is 1. The highest BCUT2D eigenvalue weighted by Crippen LogP contribution is 2.41. The van der Waals surface area contributed by atoms with Crippen molar-refractivity contribution in [3.8, 4) is 11.5 Å². The first-order chi connectivity index (χ1) is 13.5. The summed E-state index contributed by atoms with van der Waals surface area (Å²) in [5, 5.41) is 20.7. The van der Waals surface area contributed by atoms with E-state index in [0.717, 1.165) is 11.8 Å². The first-order valence-corrected chi connectivity index (χ1v) is 9.36. The zero-order valence-corrected chi connectivity index (χ0v) is 16.2. The van der Waals surface area contributed by atoms with Crippen LogP contribution in [0.25, 0.3) is 6.08 Å². The monoisotopic (exact) mass is 397 g/mol. The minimum atomic E-state index is -0.636. The van der Waals surface area contributed by atoms with Crippen LogP contribution < -0.4 is 4.74 Å². The molecule has 2 aromatic rings. The SMILES string of the molecule is CCOC(=O)C1=C(O)/C(=C\c2ccc(O)cc2OC)SC1=Nc1ccccc1. The van der Waals surface area contributed by atoms with Crippen LogP contribution in [0, 0.1) is 0 Å². The lowest BCUT2D eigenvalue weighted by Gasteiger charge is -2.06. The summed E-state index contributed by atoms with van der Waals surface area (Å²) in [6.45, 7) is 1.88. The number of ether oxygens (including phenoxy) is 2. The van der Waals surface area contributed by atoms with Crippen LogP contribution in [0.1, 0.15) is 12.5 Å². The van der Waals surface area contributed by atoms with E-state index in [1.54, 1.807) is 31.2 Å². The average molecular weight is 397 g/mol. The van der Waals surface area contributed by atoms with E-state index in [9.17, 15) is 15.0 Å². The normalized spacial score (nSPS) is 16.6. The lowest BCUT2D eigenvalue weighted by Crippen LogP contribution is -2.12. The summed E-state index contributed by atoms with van der Waals surface area (Å²) >= 11 is 1.16. The summed E-state index contributed by atoms with van der Waals surface area (Å²) in [4.78, 5) is 17.3. The van der Waals surface area contributed by atoms with Gasteiger partial charge in [0, 0.05) is 11.6 Å². The minimum absolute atomic E-state index is 0.0275. The first-order valence-electron chi connectivity index (χ1n) is 8.55. The number of para-hydroxylation sites is 1. The van der Waals surface area contributed by atoms with Crippen molar-refractivity contribution < 1.29 is 24.5 Å². The van der Waals surface area contributed by atoms with Crippen molar-refractivity contribution >= 4 is 34.5 Å². The van der Waals surface area contributed by atoms with Crippen molar-refractivity contribution in [2.75, 3.05) is 13.7 Å². The van der Waals surface area contributed by atoms with Crippen LogP contribution in [0.3, 0.4) is 0 Å². The van der Waals surface area contributed by atoms with Crippen molar-refractivity contribution in [3.63, 3.8) is 0 Å². The number of nitrogens with zero attached hydrogens (tertiary/aromatic N) is 1. The quantitative estimate of drug-likeness (QED) is 0.717. The van der Waals surface area contributed by atoms with Gasteiger partial charge in [0.2, 0.25) is 0 Å². The fourth-order valence-electron chi connectivity index (χ4n) is 2.57. The zero-order valence-electron chi connectivity index (χ0n) is 15.4. The van der Waals surface area contributed by atoms with E-state index in [1.807, 2.05) is 18.2 Å². The molecule has 1 heterocycles. The van der Waals surface area contributed by atoms with Gasteiger partial charge in [-0.2, -0.15) is 0 Å². The van der Waals surface area contributed by atoms with Crippen LogP contribution in [0.15, 0.2) is 69.8 Å². The molecule has 0 amide bonds. The fraction of sp³-hybridized carbons (Fsp3) is 0.143. The number of aliphatic hydroxyl groups is 1. The fourth-order valence-corrected chi connectivity index (χ4v) is 3.60.